The normalized spacial score (nSPS) is 21.8. The first-order chi connectivity index (χ1) is 9.63. The molecule has 2 unspecified atom stereocenters. The Bertz CT molecular complexity index is 462. The largest absolute Gasteiger partial charge is 0.494 e. The molecule has 1 amide bonds. The van der Waals surface area contributed by atoms with Crippen LogP contribution in [0.25, 0.3) is 0 Å². The Hall–Kier alpha value is -1.55. The van der Waals surface area contributed by atoms with Crippen molar-refractivity contribution < 1.29 is 9.53 Å². The van der Waals surface area contributed by atoms with Gasteiger partial charge in [0.15, 0.2) is 0 Å². The van der Waals surface area contributed by atoms with Crippen molar-refractivity contribution in [1.29, 1.82) is 0 Å². The average molecular weight is 276 g/mol. The summed E-state index contributed by atoms with van der Waals surface area (Å²) in [6, 6.07) is 7.91. The first-order valence-electron chi connectivity index (χ1n) is 7.29. The van der Waals surface area contributed by atoms with Crippen LogP contribution in [0.15, 0.2) is 24.3 Å². The molecule has 1 aliphatic rings. The summed E-state index contributed by atoms with van der Waals surface area (Å²) < 4.78 is 5.61. The standard InChI is InChI=1S/C16H24N2O2/c1-4-20-15-8-6-5-7-13(15)11-18(3)16(19)14-10-17-9-12(14)2/h5-8,12,14,17H,4,9-11H2,1-3H3. The van der Waals surface area contributed by atoms with Gasteiger partial charge in [-0.3, -0.25) is 4.79 Å². The Morgan fingerprint density at radius 2 is 2.15 bits per heavy atom. The molecule has 0 aromatic heterocycles. The molecule has 0 spiro atoms. The molecule has 2 rings (SSSR count). The number of carbonyl (C=O) groups excluding carboxylic acids is 1. The number of carbonyl (C=O) groups is 1. The van der Waals surface area contributed by atoms with E-state index in [1.54, 1.807) is 0 Å². The minimum Gasteiger partial charge on any atom is -0.494 e. The zero-order valence-corrected chi connectivity index (χ0v) is 12.6. The topological polar surface area (TPSA) is 41.6 Å². The number of hydrogen-bond acceptors (Lipinski definition) is 3. The number of nitrogens with one attached hydrogen (secondary N) is 1. The van der Waals surface area contributed by atoms with E-state index in [-0.39, 0.29) is 11.8 Å². The van der Waals surface area contributed by atoms with E-state index in [1.807, 2.05) is 43.1 Å². The summed E-state index contributed by atoms with van der Waals surface area (Å²) in [4.78, 5) is 14.3. The lowest BCUT2D eigenvalue weighted by Crippen LogP contribution is -2.35. The predicted octanol–water partition coefficient (Wildman–Crippen LogP) is 1.90. The second-order valence-electron chi connectivity index (χ2n) is 5.48. The Kier molecular flexibility index (Phi) is 5.01. The van der Waals surface area contributed by atoms with Crippen molar-refractivity contribution in [3.8, 4) is 5.75 Å². The summed E-state index contributed by atoms with van der Waals surface area (Å²) in [6.07, 6.45) is 0. The number of nitrogens with zero attached hydrogens (tertiary/aromatic N) is 1. The average Bonchev–Trinajstić information content (AvgIpc) is 2.86. The molecule has 1 N–H and O–H groups in total. The molecule has 1 heterocycles. The third-order valence-corrected chi connectivity index (χ3v) is 3.89. The Balaban J connectivity index is 2.03. The van der Waals surface area contributed by atoms with Crippen LogP contribution < -0.4 is 10.1 Å². The third kappa shape index (κ3) is 3.31. The van der Waals surface area contributed by atoms with Crippen LogP contribution in [0, 0.1) is 11.8 Å². The molecule has 20 heavy (non-hydrogen) atoms. The monoisotopic (exact) mass is 276 g/mol. The van der Waals surface area contributed by atoms with Gasteiger partial charge in [0.2, 0.25) is 5.91 Å². The van der Waals surface area contributed by atoms with E-state index in [2.05, 4.69) is 12.2 Å². The fraction of sp³-hybridized carbons (Fsp3) is 0.562. The molecule has 0 radical (unpaired) electrons. The quantitative estimate of drug-likeness (QED) is 0.893. The molecule has 1 aliphatic heterocycles. The molecular formula is C16H24N2O2. The lowest BCUT2D eigenvalue weighted by atomic mass is 9.96. The smallest absolute Gasteiger partial charge is 0.227 e. The van der Waals surface area contributed by atoms with Crippen molar-refractivity contribution in [2.45, 2.75) is 20.4 Å². The van der Waals surface area contributed by atoms with E-state index in [0.717, 1.165) is 24.4 Å². The van der Waals surface area contributed by atoms with Crippen LogP contribution in [-0.2, 0) is 11.3 Å². The van der Waals surface area contributed by atoms with Gasteiger partial charge in [-0.05, 0) is 25.5 Å². The van der Waals surface area contributed by atoms with Gasteiger partial charge in [0, 0.05) is 25.7 Å². The molecule has 110 valence electrons. The van der Waals surface area contributed by atoms with Crippen molar-refractivity contribution in [3.05, 3.63) is 29.8 Å². The van der Waals surface area contributed by atoms with Gasteiger partial charge in [0.1, 0.15) is 5.75 Å². The second-order valence-corrected chi connectivity index (χ2v) is 5.48. The molecule has 0 aliphatic carbocycles. The molecule has 4 nitrogen and oxygen atoms in total. The van der Waals surface area contributed by atoms with Crippen molar-refractivity contribution in [3.63, 3.8) is 0 Å². The minimum absolute atomic E-state index is 0.0965. The first-order valence-corrected chi connectivity index (χ1v) is 7.29. The SMILES string of the molecule is CCOc1ccccc1CN(C)C(=O)C1CNCC1C. The van der Waals surface area contributed by atoms with E-state index in [1.165, 1.54) is 0 Å². The Labute approximate surface area is 121 Å². The highest BCUT2D eigenvalue weighted by molar-refractivity contribution is 5.79. The second kappa shape index (κ2) is 6.75. The fourth-order valence-corrected chi connectivity index (χ4v) is 2.69. The summed E-state index contributed by atoms with van der Waals surface area (Å²) in [5, 5.41) is 3.28. The Morgan fingerprint density at radius 1 is 1.40 bits per heavy atom. The summed E-state index contributed by atoms with van der Waals surface area (Å²) in [7, 11) is 1.87. The van der Waals surface area contributed by atoms with Gasteiger partial charge in [-0.2, -0.15) is 0 Å². The van der Waals surface area contributed by atoms with Crippen LogP contribution in [0.3, 0.4) is 0 Å². The highest BCUT2D eigenvalue weighted by Crippen LogP contribution is 2.22. The van der Waals surface area contributed by atoms with Gasteiger partial charge < -0.3 is 15.0 Å². The van der Waals surface area contributed by atoms with Crippen molar-refractivity contribution in [2.24, 2.45) is 11.8 Å². The maximum atomic E-state index is 12.5. The van der Waals surface area contributed by atoms with Gasteiger partial charge in [-0.25, -0.2) is 0 Å². The van der Waals surface area contributed by atoms with Crippen molar-refractivity contribution in [2.75, 3.05) is 26.7 Å². The highest BCUT2D eigenvalue weighted by atomic mass is 16.5. The van der Waals surface area contributed by atoms with Gasteiger partial charge in [0.05, 0.1) is 12.5 Å². The van der Waals surface area contributed by atoms with Crippen LogP contribution in [-0.4, -0.2) is 37.6 Å². The number of rotatable bonds is 5. The predicted molar refractivity (Wildman–Crippen MR) is 79.6 cm³/mol. The summed E-state index contributed by atoms with van der Waals surface area (Å²) in [6.45, 7) is 7.05. The first kappa shape index (κ1) is 14.9. The number of ether oxygens (including phenoxy) is 1. The van der Waals surface area contributed by atoms with Crippen LogP contribution in [0.1, 0.15) is 19.4 Å². The molecule has 0 bridgehead atoms. The molecule has 1 fully saturated rings. The molecule has 2 atom stereocenters. The van der Waals surface area contributed by atoms with Gasteiger partial charge in [0.25, 0.3) is 0 Å². The molecule has 1 aromatic carbocycles. The lowest BCUT2D eigenvalue weighted by Gasteiger charge is -2.24. The van der Waals surface area contributed by atoms with E-state index in [0.29, 0.717) is 19.1 Å². The maximum Gasteiger partial charge on any atom is 0.227 e. The van der Waals surface area contributed by atoms with E-state index >= 15 is 0 Å². The molecule has 1 saturated heterocycles. The van der Waals surface area contributed by atoms with E-state index in [4.69, 9.17) is 4.74 Å². The van der Waals surface area contributed by atoms with Crippen LogP contribution in [0.5, 0.6) is 5.75 Å². The zero-order chi connectivity index (χ0) is 14.5. The zero-order valence-electron chi connectivity index (χ0n) is 12.6. The van der Waals surface area contributed by atoms with Crippen LogP contribution >= 0.6 is 0 Å². The summed E-state index contributed by atoms with van der Waals surface area (Å²) in [5.41, 5.74) is 1.06. The molecule has 4 heteroatoms. The molecule has 0 saturated carbocycles. The minimum atomic E-state index is 0.0965. The van der Waals surface area contributed by atoms with Crippen LogP contribution in [0.4, 0.5) is 0 Å². The molecular weight excluding hydrogens is 252 g/mol. The lowest BCUT2D eigenvalue weighted by molar-refractivity contribution is -0.135. The summed E-state index contributed by atoms with van der Waals surface area (Å²) >= 11 is 0. The molecule has 1 aromatic rings. The Morgan fingerprint density at radius 3 is 2.80 bits per heavy atom. The van der Waals surface area contributed by atoms with E-state index < -0.39 is 0 Å². The van der Waals surface area contributed by atoms with Gasteiger partial charge in [-0.1, -0.05) is 25.1 Å². The van der Waals surface area contributed by atoms with Crippen LogP contribution in [0.2, 0.25) is 0 Å². The van der Waals surface area contributed by atoms with Crippen molar-refractivity contribution >= 4 is 5.91 Å². The number of para-hydroxylation sites is 1. The van der Waals surface area contributed by atoms with Gasteiger partial charge in [-0.15, -0.1) is 0 Å². The van der Waals surface area contributed by atoms with Crippen molar-refractivity contribution in [1.82, 2.24) is 10.2 Å². The number of hydrogen-bond donors (Lipinski definition) is 1. The maximum absolute atomic E-state index is 12.5. The van der Waals surface area contributed by atoms with Gasteiger partial charge >= 0.3 is 0 Å². The number of benzene rings is 1. The van der Waals surface area contributed by atoms with E-state index in [9.17, 15) is 4.79 Å². The summed E-state index contributed by atoms with van der Waals surface area (Å²) in [5.74, 6) is 1.59. The highest BCUT2D eigenvalue weighted by Gasteiger charge is 2.31. The number of amides is 1. The third-order valence-electron chi connectivity index (χ3n) is 3.89. The fourth-order valence-electron chi connectivity index (χ4n) is 2.69.